The molecule has 2 heterocycles. The number of aromatic nitrogens is 2. The average Bonchev–Trinajstić information content (AvgIpc) is 2.82. The van der Waals surface area contributed by atoms with Crippen molar-refractivity contribution < 1.29 is 9.18 Å². The summed E-state index contributed by atoms with van der Waals surface area (Å²) in [5.41, 5.74) is 4.31. The van der Waals surface area contributed by atoms with Crippen LogP contribution in [-0.2, 0) is 6.42 Å². The molecule has 0 atom stereocenters. The van der Waals surface area contributed by atoms with Crippen LogP contribution < -0.4 is 5.32 Å². The highest BCUT2D eigenvalue weighted by atomic mass is 19.1. The average molecular weight is 406 g/mol. The molecule has 0 amide bonds. The predicted molar refractivity (Wildman–Crippen MR) is 118 cm³/mol. The molecule has 0 saturated heterocycles. The van der Waals surface area contributed by atoms with Crippen LogP contribution in [0.1, 0.15) is 65.3 Å². The Bertz CT molecular complexity index is 954. The summed E-state index contributed by atoms with van der Waals surface area (Å²) in [5, 5.41) is 3.23. The number of nitrogens with zero attached hydrogens (tertiary/aromatic N) is 2. The van der Waals surface area contributed by atoms with Crippen LogP contribution in [0.3, 0.4) is 0 Å². The number of carbonyl (C=O) groups is 1. The normalized spacial score (nSPS) is 13.8. The van der Waals surface area contributed by atoms with Crippen LogP contribution in [0.25, 0.3) is 0 Å². The first-order valence-corrected chi connectivity index (χ1v) is 10.5. The molecule has 1 aromatic carbocycles. The van der Waals surface area contributed by atoms with Gasteiger partial charge >= 0.3 is 0 Å². The van der Waals surface area contributed by atoms with Gasteiger partial charge in [-0.3, -0.25) is 9.78 Å². The number of pyridine rings is 2. The third-order valence-corrected chi connectivity index (χ3v) is 5.45. The van der Waals surface area contributed by atoms with Gasteiger partial charge in [0.1, 0.15) is 11.5 Å². The van der Waals surface area contributed by atoms with E-state index in [1.807, 2.05) is 19.4 Å². The molecule has 1 aliphatic carbocycles. The summed E-state index contributed by atoms with van der Waals surface area (Å²) in [5.74, 6) is 0.509. The number of nitrogens with one attached hydrogen (secondary N) is 1. The maximum absolute atomic E-state index is 13.4. The summed E-state index contributed by atoms with van der Waals surface area (Å²) in [7, 11) is 1.98. The van der Waals surface area contributed by atoms with Gasteiger partial charge < -0.3 is 5.32 Å². The third kappa shape index (κ3) is 5.96. The number of aldehydes is 1. The highest BCUT2D eigenvalue weighted by Gasteiger charge is 2.17. The maximum atomic E-state index is 13.4. The maximum Gasteiger partial charge on any atom is 0.168 e. The molecule has 0 aliphatic heterocycles. The molecule has 1 saturated carbocycles. The summed E-state index contributed by atoms with van der Waals surface area (Å²) in [6, 6.07) is 13.9. The van der Waals surface area contributed by atoms with E-state index in [4.69, 9.17) is 0 Å². The van der Waals surface area contributed by atoms with Crippen molar-refractivity contribution in [3.8, 4) is 0 Å². The minimum absolute atomic E-state index is 0.249. The zero-order valence-electron chi connectivity index (χ0n) is 17.4. The Balaban J connectivity index is 0.000000172. The molecule has 156 valence electrons. The monoisotopic (exact) mass is 405 g/mol. The number of hydrogen-bond donors (Lipinski definition) is 1. The second-order valence-corrected chi connectivity index (χ2v) is 7.49. The van der Waals surface area contributed by atoms with E-state index >= 15 is 0 Å². The Kier molecular flexibility index (Phi) is 8.07. The highest BCUT2D eigenvalue weighted by molar-refractivity contribution is 5.71. The molecule has 4 rings (SSSR count). The van der Waals surface area contributed by atoms with Gasteiger partial charge in [-0.15, -0.1) is 0 Å². The van der Waals surface area contributed by atoms with Gasteiger partial charge in [-0.1, -0.05) is 43.5 Å². The molecule has 1 aliphatic rings. The first-order valence-electron chi connectivity index (χ1n) is 10.5. The number of halogens is 1. The van der Waals surface area contributed by atoms with Gasteiger partial charge in [0.2, 0.25) is 0 Å². The second kappa shape index (κ2) is 11.2. The Morgan fingerprint density at radius 2 is 1.87 bits per heavy atom. The lowest BCUT2D eigenvalue weighted by molar-refractivity contribution is 0.111. The van der Waals surface area contributed by atoms with E-state index in [2.05, 4.69) is 21.4 Å². The number of carbonyl (C=O) groups excluding carboxylic acids is 1. The lowest BCUT2D eigenvalue weighted by Gasteiger charge is -2.23. The van der Waals surface area contributed by atoms with Gasteiger partial charge in [-0.2, -0.15) is 0 Å². The highest BCUT2D eigenvalue weighted by Crippen LogP contribution is 2.35. The number of hydrogen-bond acceptors (Lipinski definition) is 4. The van der Waals surface area contributed by atoms with Crippen LogP contribution in [0.4, 0.5) is 10.1 Å². The van der Waals surface area contributed by atoms with Crippen LogP contribution in [0.2, 0.25) is 0 Å². The fourth-order valence-corrected chi connectivity index (χ4v) is 3.88. The van der Waals surface area contributed by atoms with E-state index in [9.17, 15) is 9.18 Å². The summed E-state index contributed by atoms with van der Waals surface area (Å²) in [6.45, 7) is 0. The van der Waals surface area contributed by atoms with Crippen LogP contribution in [0.5, 0.6) is 0 Å². The van der Waals surface area contributed by atoms with Crippen LogP contribution in [-0.4, -0.2) is 23.3 Å². The minimum atomic E-state index is -0.249. The number of anilines is 1. The first-order chi connectivity index (χ1) is 14.7. The second-order valence-electron chi connectivity index (χ2n) is 7.49. The zero-order valence-corrected chi connectivity index (χ0v) is 17.4. The van der Waals surface area contributed by atoms with E-state index in [1.165, 1.54) is 49.4 Å². The van der Waals surface area contributed by atoms with Crippen molar-refractivity contribution in [1.82, 2.24) is 9.97 Å². The summed E-state index contributed by atoms with van der Waals surface area (Å²) < 4.78 is 13.4. The molecule has 30 heavy (non-hydrogen) atoms. The molecule has 1 fully saturated rings. The largest absolute Gasteiger partial charge is 0.387 e. The molecule has 0 unspecified atom stereocenters. The first kappa shape index (κ1) is 21.6. The Labute approximate surface area is 177 Å². The summed E-state index contributed by atoms with van der Waals surface area (Å²) in [4.78, 5) is 18.8. The van der Waals surface area contributed by atoms with Gasteiger partial charge in [0.25, 0.3) is 0 Å². The van der Waals surface area contributed by atoms with Crippen molar-refractivity contribution in [1.29, 1.82) is 0 Å². The Hall–Kier alpha value is -3.08. The van der Waals surface area contributed by atoms with Crippen molar-refractivity contribution in [3.05, 3.63) is 89.3 Å². The summed E-state index contributed by atoms with van der Waals surface area (Å²) in [6.07, 6.45) is 11.8. The van der Waals surface area contributed by atoms with E-state index < -0.39 is 0 Å². The molecule has 0 radical (unpaired) electrons. The molecular formula is C25H28FN3O. The van der Waals surface area contributed by atoms with E-state index in [1.54, 1.807) is 36.4 Å². The van der Waals surface area contributed by atoms with Crippen molar-refractivity contribution in [2.75, 3.05) is 12.4 Å². The minimum Gasteiger partial charge on any atom is -0.387 e. The van der Waals surface area contributed by atoms with E-state index in [0.717, 1.165) is 5.92 Å². The standard InChI is InChI=1S/C13H10FNO.C12H18N2/c14-13-7-2-1-4-10(13)8-11-5-3-6-12(9-16)15-11;1-13-12-9-14-8-7-11(12)10-5-3-2-4-6-10/h1-7,9H,8H2;7-10,13H,2-6H2,1H3. The smallest absolute Gasteiger partial charge is 0.168 e. The molecule has 5 heteroatoms. The topological polar surface area (TPSA) is 54.9 Å². The number of rotatable bonds is 5. The van der Waals surface area contributed by atoms with E-state index in [-0.39, 0.29) is 5.82 Å². The van der Waals surface area contributed by atoms with Crippen LogP contribution in [0.15, 0.2) is 60.9 Å². The quantitative estimate of drug-likeness (QED) is 0.546. The fraction of sp³-hybridized carbons (Fsp3) is 0.320. The Morgan fingerprint density at radius 3 is 2.60 bits per heavy atom. The van der Waals surface area contributed by atoms with Crippen LogP contribution in [0, 0.1) is 5.82 Å². The lowest BCUT2D eigenvalue weighted by atomic mass is 9.84. The third-order valence-electron chi connectivity index (χ3n) is 5.45. The van der Waals surface area contributed by atoms with Gasteiger partial charge in [-0.25, -0.2) is 9.37 Å². The zero-order chi connectivity index (χ0) is 21.2. The molecular weight excluding hydrogens is 377 g/mol. The summed E-state index contributed by atoms with van der Waals surface area (Å²) >= 11 is 0. The van der Waals surface area contributed by atoms with Crippen molar-refractivity contribution in [2.24, 2.45) is 0 Å². The molecule has 4 nitrogen and oxygen atoms in total. The molecule has 3 aromatic rings. The van der Waals surface area contributed by atoms with Gasteiger partial charge in [0, 0.05) is 25.4 Å². The van der Waals surface area contributed by atoms with Gasteiger partial charge in [0.15, 0.2) is 6.29 Å². The number of benzene rings is 1. The van der Waals surface area contributed by atoms with Gasteiger partial charge in [0.05, 0.1) is 11.9 Å². The lowest BCUT2D eigenvalue weighted by Crippen LogP contribution is -2.07. The predicted octanol–water partition coefficient (Wildman–Crippen LogP) is 5.80. The molecule has 1 N–H and O–H groups in total. The SMILES string of the molecule is CNc1cnccc1C1CCCCC1.O=Cc1cccc(Cc2ccccc2F)n1. The van der Waals surface area contributed by atoms with Crippen molar-refractivity contribution >= 4 is 12.0 Å². The van der Waals surface area contributed by atoms with Gasteiger partial charge in [-0.05, 0) is 54.2 Å². The van der Waals surface area contributed by atoms with Crippen molar-refractivity contribution in [3.63, 3.8) is 0 Å². The molecule has 0 bridgehead atoms. The fourth-order valence-electron chi connectivity index (χ4n) is 3.88. The van der Waals surface area contributed by atoms with Crippen molar-refractivity contribution in [2.45, 2.75) is 44.4 Å². The molecule has 2 aromatic heterocycles. The van der Waals surface area contributed by atoms with E-state index in [0.29, 0.717) is 29.7 Å². The van der Waals surface area contributed by atoms with Crippen LogP contribution >= 0.6 is 0 Å². The Morgan fingerprint density at radius 1 is 1.07 bits per heavy atom. The molecule has 0 spiro atoms.